The van der Waals surface area contributed by atoms with Crippen molar-refractivity contribution in [3.8, 4) is 0 Å². The Morgan fingerprint density at radius 3 is 2.65 bits per heavy atom. The van der Waals surface area contributed by atoms with Crippen molar-refractivity contribution in [3.63, 3.8) is 0 Å². The first kappa shape index (κ1) is 22.0. The van der Waals surface area contributed by atoms with Crippen molar-refractivity contribution >= 4 is 29.4 Å². The van der Waals surface area contributed by atoms with Gasteiger partial charge in [0.05, 0.1) is 0 Å². The fourth-order valence-corrected chi connectivity index (χ4v) is 5.16. The Balaban J connectivity index is 1.33. The van der Waals surface area contributed by atoms with E-state index in [2.05, 4.69) is 5.32 Å². The SMILES string of the molecule is CC1CCCCC12NC(=O)N(CC(=O)N1CCN(Cc3c(F)cccc3Cl)CC1)C2=O. The number of piperazine rings is 1. The van der Waals surface area contributed by atoms with Crippen LogP contribution in [-0.2, 0) is 16.1 Å². The zero-order valence-electron chi connectivity index (χ0n) is 17.7. The lowest BCUT2D eigenvalue weighted by molar-refractivity contribution is -0.141. The molecule has 0 radical (unpaired) electrons. The Hall–Kier alpha value is -2.19. The van der Waals surface area contributed by atoms with E-state index in [1.165, 1.54) is 6.07 Å². The average Bonchev–Trinajstić information content (AvgIpc) is 2.98. The molecule has 168 valence electrons. The van der Waals surface area contributed by atoms with Gasteiger partial charge in [0.25, 0.3) is 5.91 Å². The Morgan fingerprint density at radius 2 is 1.97 bits per heavy atom. The molecule has 1 spiro atoms. The molecule has 1 aromatic rings. The monoisotopic (exact) mass is 450 g/mol. The lowest BCUT2D eigenvalue weighted by Gasteiger charge is -2.37. The molecule has 31 heavy (non-hydrogen) atoms. The van der Waals surface area contributed by atoms with Crippen molar-refractivity contribution in [2.45, 2.75) is 44.7 Å². The first-order chi connectivity index (χ1) is 14.8. The minimum Gasteiger partial charge on any atom is -0.339 e. The van der Waals surface area contributed by atoms with Crippen molar-refractivity contribution in [3.05, 3.63) is 34.6 Å². The zero-order valence-corrected chi connectivity index (χ0v) is 18.5. The van der Waals surface area contributed by atoms with Gasteiger partial charge in [0.1, 0.15) is 17.9 Å². The van der Waals surface area contributed by atoms with Gasteiger partial charge in [0, 0.05) is 43.3 Å². The van der Waals surface area contributed by atoms with Crippen LogP contribution in [-0.4, -0.2) is 70.8 Å². The number of rotatable bonds is 4. The van der Waals surface area contributed by atoms with Crippen LogP contribution < -0.4 is 5.32 Å². The van der Waals surface area contributed by atoms with Crippen LogP contribution in [0.25, 0.3) is 0 Å². The molecule has 1 aromatic carbocycles. The lowest BCUT2D eigenvalue weighted by atomic mass is 9.73. The molecular formula is C22H28ClFN4O3. The normalized spacial score (nSPS) is 27.1. The molecule has 2 aliphatic heterocycles. The molecular weight excluding hydrogens is 423 g/mol. The molecule has 4 amide bonds. The molecule has 0 bridgehead atoms. The lowest BCUT2D eigenvalue weighted by Crippen LogP contribution is -2.54. The van der Waals surface area contributed by atoms with Crippen LogP contribution in [0.5, 0.6) is 0 Å². The van der Waals surface area contributed by atoms with Crippen LogP contribution >= 0.6 is 11.6 Å². The summed E-state index contributed by atoms with van der Waals surface area (Å²) in [4.78, 5) is 43.2. The van der Waals surface area contributed by atoms with Gasteiger partial charge < -0.3 is 10.2 Å². The molecule has 2 atom stereocenters. The Bertz CT molecular complexity index is 869. The third-order valence-corrected chi connectivity index (χ3v) is 7.32. The van der Waals surface area contributed by atoms with Gasteiger partial charge in [-0.1, -0.05) is 37.4 Å². The number of urea groups is 1. The van der Waals surface area contributed by atoms with Crippen molar-refractivity contribution in [2.24, 2.45) is 5.92 Å². The predicted octanol–water partition coefficient (Wildman–Crippen LogP) is 2.62. The van der Waals surface area contributed by atoms with E-state index < -0.39 is 11.6 Å². The van der Waals surface area contributed by atoms with Crippen LogP contribution in [0.3, 0.4) is 0 Å². The van der Waals surface area contributed by atoms with E-state index in [4.69, 9.17) is 11.6 Å². The maximum atomic E-state index is 14.0. The molecule has 7 nitrogen and oxygen atoms in total. The summed E-state index contributed by atoms with van der Waals surface area (Å²) in [5.74, 6) is -0.791. The van der Waals surface area contributed by atoms with Crippen LogP contribution in [0, 0.1) is 11.7 Å². The highest BCUT2D eigenvalue weighted by molar-refractivity contribution is 6.31. The summed E-state index contributed by atoms with van der Waals surface area (Å²) in [5, 5.41) is 3.27. The predicted molar refractivity (Wildman–Crippen MR) is 114 cm³/mol. The number of imide groups is 1. The van der Waals surface area contributed by atoms with Gasteiger partial charge in [-0.05, 0) is 30.9 Å². The molecule has 0 aromatic heterocycles. The smallest absolute Gasteiger partial charge is 0.325 e. The second-order valence-electron chi connectivity index (χ2n) is 8.80. The first-order valence-electron chi connectivity index (χ1n) is 10.9. The van der Waals surface area contributed by atoms with Gasteiger partial charge >= 0.3 is 6.03 Å². The third kappa shape index (κ3) is 4.15. The van der Waals surface area contributed by atoms with Gasteiger partial charge in [-0.2, -0.15) is 0 Å². The van der Waals surface area contributed by atoms with E-state index in [-0.39, 0.29) is 30.1 Å². The fourth-order valence-electron chi connectivity index (χ4n) is 4.94. The van der Waals surface area contributed by atoms with E-state index in [9.17, 15) is 18.8 Å². The van der Waals surface area contributed by atoms with Crippen molar-refractivity contribution < 1.29 is 18.8 Å². The molecule has 1 aliphatic carbocycles. The standard InChI is InChI=1S/C22H28ClFN4O3/c1-15-5-2-3-8-22(15)20(30)28(21(31)25-22)14-19(29)27-11-9-26(10-12-27)13-16-17(23)6-4-7-18(16)24/h4,6-7,15H,2-3,5,8-14H2,1H3,(H,25,31). The van der Waals surface area contributed by atoms with Gasteiger partial charge in [-0.25, -0.2) is 9.18 Å². The number of benzene rings is 1. The number of hydrogen-bond acceptors (Lipinski definition) is 4. The Labute approximate surface area is 186 Å². The maximum Gasteiger partial charge on any atom is 0.325 e. The second-order valence-corrected chi connectivity index (χ2v) is 9.20. The molecule has 4 rings (SSSR count). The second kappa shape index (κ2) is 8.74. The number of hydrogen-bond donors (Lipinski definition) is 1. The number of nitrogens with one attached hydrogen (secondary N) is 1. The fraction of sp³-hybridized carbons (Fsp3) is 0.591. The summed E-state index contributed by atoms with van der Waals surface area (Å²) in [6, 6.07) is 4.16. The molecule has 3 aliphatic rings. The molecule has 1 saturated carbocycles. The van der Waals surface area contributed by atoms with Gasteiger partial charge in [-0.3, -0.25) is 19.4 Å². The molecule has 1 N–H and O–H groups in total. The van der Waals surface area contributed by atoms with Crippen molar-refractivity contribution in [1.82, 2.24) is 20.0 Å². The summed E-state index contributed by atoms with van der Waals surface area (Å²) in [6.07, 6.45) is 3.46. The van der Waals surface area contributed by atoms with E-state index >= 15 is 0 Å². The van der Waals surface area contributed by atoms with Gasteiger partial charge in [0.2, 0.25) is 5.91 Å². The van der Waals surface area contributed by atoms with E-state index in [0.717, 1.165) is 24.2 Å². The maximum absolute atomic E-state index is 14.0. The van der Waals surface area contributed by atoms with Crippen LogP contribution in [0.1, 0.15) is 38.2 Å². The zero-order chi connectivity index (χ0) is 22.2. The van der Waals surface area contributed by atoms with Crippen molar-refractivity contribution in [1.29, 1.82) is 0 Å². The summed E-state index contributed by atoms with van der Waals surface area (Å²) < 4.78 is 14.0. The number of carbonyl (C=O) groups excluding carboxylic acids is 3. The third-order valence-electron chi connectivity index (χ3n) is 6.96. The number of carbonyl (C=O) groups is 3. The number of amides is 4. The minimum absolute atomic E-state index is 0.0616. The molecule has 9 heteroatoms. The Kier molecular flexibility index (Phi) is 6.21. The molecule has 2 saturated heterocycles. The highest BCUT2D eigenvalue weighted by atomic mass is 35.5. The van der Waals surface area contributed by atoms with Gasteiger partial charge in [-0.15, -0.1) is 0 Å². The number of halogens is 2. The van der Waals surface area contributed by atoms with E-state index in [0.29, 0.717) is 49.7 Å². The molecule has 2 unspecified atom stereocenters. The number of nitrogens with zero attached hydrogens (tertiary/aromatic N) is 3. The van der Waals surface area contributed by atoms with E-state index in [1.807, 2.05) is 11.8 Å². The summed E-state index contributed by atoms with van der Waals surface area (Å²) >= 11 is 6.12. The molecule has 2 heterocycles. The topological polar surface area (TPSA) is 73.0 Å². The Morgan fingerprint density at radius 1 is 1.23 bits per heavy atom. The quantitative estimate of drug-likeness (QED) is 0.716. The van der Waals surface area contributed by atoms with E-state index in [1.54, 1.807) is 17.0 Å². The highest BCUT2D eigenvalue weighted by Crippen LogP contribution is 2.38. The molecule has 3 fully saturated rings. The average molecular weight is 451 g/mol. The summed E-state index contributed by atoms with van der Waals surface area (Å²) in [7, 11) is 0. The summed E-state index contributed by atoms with van der Waals surface area (Å²) in [5.41, 5.74) is -0.400. The highest BCUT2D eigenvalue weighted by Gasteiger charge is 2.55. The summed E-state index contributed by atoms with van der Waals surface area (Å²) in [6.45, 7) is 4.17. The van der Waals surface area contributed by atoms with Crippen LogP contribution in [0.2, 0.25) is 5.02 Å². The first-order valence-corrected chi connectivity index (χ1v) is 11.3. The van der Waals surface area contributed by atoms with Crippen molar-refractivity contribution in [2.75, 3.05) is 32.7 Å². The van der Waals surface area contributed by atoms with Crippen LogP contribution in [0.15, 0.2) is 18.2 Å². The minimum atomic E-state index is -0.854. The largest absolute Gasteiger partial charge is 0.339 e. The van der Waals surface area contributed by atoms with Gasteiger partial charge in [0.15, 0.2) is 0 Å². The van der Waals surface area contributed by atoms with Crippen LogP contribution in [0.4, 0.5) is 9.18 Å².